The Morgan fingerprint density at radius 3 is 2.74 bits per heavy atom. The number of para-hydroxylation sites is 1. The van der Waals surface area contributed by atoms with Gasteiger partial charge in [-0.1, -0.05) is 35.9 Å². The maximum Gasteiger partial charge on any atom is 0.281 e. The van der Waals surface area contributed by atoms with Crippen LogP contribution in [0.5, 0.6) is 5.88 Å². The predicted molar refractivity (Wildman–Crippen MR) is 116 cm³/mol. The van der Waals surface area contributed by atoms with Gasteiger partial charge < -0.3 is 9.15 Å². The van der Waals surface area contributed by atoms with Gasteiger partial charge in [-0.25, -0.2) is 15.0 Å². The highest BCUT2D eigenvalue weighted by Crippen LogP contribution is 2.33. The number of carbonyl (C=O) groups excluding carboxylic acids is 1. The van der Waals surface area contributed by atoms with Gasteiger partial charge in [0.25, 0.3) is 5.91 Å². The summed E-state index contributed by atoms with van der Waals surface area (Å²) in [5.74, 6) is 0.719. The third-order valence-electron chi connectivity index (χ3n) is 5.05. The minimum Gasteiger partial charge on any atom is -0.467 e. The number of ether oxygens (including phenoxy) is 1. The van der Waals surface area contributed by atoms with Crippen LogP contribution in [0.25, 0.3) is 10.9 Å². The molecule has 0 aliphatic carbocycles. The van der Waals surface area contributed by atoms with E-state index in [4.69, 9.17) is 20.8 Å². The van der Waals surface area contributed by atoms with E-state index < -0.39 is 0 Å². The van der Waals surface area contributed by atoms with Gasteiger partial charge >= 0.3 is 0 Å². The van der Waals surface area contributed by atoms with E-state index in [2.05, 4.69) is 15.1 Å². The molecule has 0 saturated carbocycles. The molecule has 0 spiro atoms. The first-order valence-corrected chi connectivity index (χ1v) is 10.1. The fraction of sp³-hybridized carbons (Fsp3) is 0.130. The summed E-state index contributed by atoms with van der Waals surface area (Å²) in [6.07, 6.45) is 3.53. The van der Waals surface area contributed by atoms with Crippen LogP contribution in [-0.4, -0.2) is 33.2 Å². The monoisotopic (exact) mass is 432 g/mol. The molecule has 1 amide bonds. The Morgan fingerprint density at radius 2 is 1.94 bits per heavy atom. The number of hydrogen-bond acceptors (Lipinski definition) is 6. The SMILES string of the molecule is O=C(COc1ncnc2ccccc12)N1N=C(c2ccc(Cl)cc2)C[C@H]1c1ccco1. The molecule has 0 saturated heterocycles. The number of fused-ring (bicyclic) bond motifs is 1. The number of amides is 1. The number of aromatic nitrogens is 2. The van der Waals surface area contributed by atoms with Crippen molar-refractivity contribution < 1.29 is 13.9 Å². The highest BCUT2D eigenvalue weighted by Gasteiger charge is 2.35. The molecule has 0 N–H and O–H groups in total. The summed E-state index contributed by atoms with van der Waals surface area (Å²) >= 11 is 6.00. The minimum atomic E-state index is -0.348. The zero-order valence-electron chi connectivity index (χ0n) is 16.3. The fourth-order valence-corrected chi connectivity index (χ4v) is 3.68. The van der Waals surface area contributed by atoms with Crippen molar-refractivity contribution in [1.82, 2.24) is 15.0 Å². The fourth-order valence-electron chi connectivity index (χ4n) is 3.55. The second kappa shape index (κ2) is 8.20. The van der Waals surface area contributed by atoms with E-state index in [9.17, 15) is 4.79 Å². The van der Waals surface area contributed by atoms with Gasteiger partial charge in [0.2, 0.25) is 5.88 Å². The van der Waals surface area contributed by atoms with Crippen LogP contribution in [0.2, 0.25) is 5.02 Å². The van der Waals surface area contributed by atoms with E-state index >= 15 is 0 Å². The van der Waals surface area contributed by atoms with E-state index in [1.54, 1.807) is 24.5 Å². The number of carbonyl (C=O) groups is 1. The van der Waals surface area contributed by atoms with Crippen molar-refractivity contribution in [3.63, 3.8) is 0 Å². The van der Waals surface area contributed by atoms with Crippen LogP contribution in [-0.2, 0) is 4.79 Å². The first-order valence-electron chi connectivity index (χ1n) is 9.70. The second-order valence-corrected chi connectivity index (χ2v) is 7.45. The van der Waals surface area contributed by atoms with Crippen LogP contribution in [0, 0.1) is 0 Å². The molecular weight excluding hydrogens is 416 g/mol. The summed E-state index contributed by atoms with van der Waals surface area (Å²) in [5, 5.41) is 7.39. The normalized spacial score (nSPS) is 15.8. The van der Waals surface area contributed by atoms with Gasteiger partial charge in [0.1, 0.15) is 18.1 Å². The number of hydrogen-bond donors (Lipinski definition) is 0. The molecule has 5 rings (SSSR count). The topological polar surface area (TPSA) is 80.8 Å². The smallest absolute Gasteiger partial charge is 0.281 e. The summed E-state index contributed by atoms with van der Waals surface area (Å²) in [4.78, 5) is 21.5. The van der Waals surface area contributed by atoms with Gasteiger partial charge in [-0.05, 0) is 42.0 Å². The van der Waals surface area contributed by atoms with Crippen LogP contribution in [0.1, 0.15) is 23.8 Å². The Kier molecular flexibility index (Phi) is 5.09. The molecule has 2 aromatic heterocycles. The first kappa shape index (κ1) is 19.3. The van der Waals surface area contributed by atoms with Crippen molar-refractivity contribution in [3.8, 4) is 5.88 Å². The zero-order chi connectivity index (χ0) is 21.2. The molecule has 3 heterocycles. The first-order chi connectivity index (χ1) is 15.2. The Hall–Kier alpha value is -3.71. The summed E-state index contributed by atoms with van der Waals surface area (Å²) < 4.78 is 11.3. The number of furan rings is 1. The Labute approximate surface area is 182 Å². The molecule has 154 valence electrons. The molecule has 0 unspecified atom stereocenters. The standard InChI is InChI=1S/C23H17ClN4O3/c24-16-9-7-15(8-10-16)19-12-20(21-6-3-11-30-21)28(27-19)22(29)13-31-23-17-4-1-2-5-18(17)25-14-26-23/h1-11,14,20H,12-13H2/t20-/m0/s1. The van der Waals surface area contributed by atoms with Gasteiger partial charge in [-0.2, -0.15) is 5.10 Å². The molecular formula is C23H17ClN4O3. The number of rotatable bonds is 5. The quantitative estimate of drug-likeness (QED) is 0.459. The summed E-state index contributed by atoms with van der Waals surface area (Å²) in [5.41, 5.74) is 2.43. The predicted octanol–water partition coefficient (Wildman–Crippen LogP) is 4.63. The van der Waals surface area contributed by atoms with Crippen molar-refractivity contribution in [1.29, 1.82) is 0 Å². The van der Waals surface area contributed by atoms with Crippen molar-refractivity contribution in [2.75, 3.05) is 6.61 Å². The van der Waals surface area contributed by atoms with E-state index in [0.717, 1.165) is 22.2 Å². The van der Waals surface area contributed by atoms with E-state index in [-0.39, 0.29) is 18.6 Å². The van der Waals surface area contributed by atoms with Gasteiger partial charge in [-0.15, -0.1) is 0 Å². The molecule has 0 bridgehead atoms. The van der Waals surface area contributed by atoms with Crippen molar-refractivity contribution in [2.24, 2.45) is 5.10 Å². The molecule has 1 aliphatic rings. The number of nitrogens with zero attached hydrogens (tertiary/aromatic N) is 4. The lowest BCUT2D eigenvalue weighted by atomic mass is 10.0. The van der Waals surface area contributed by atoms with E-state index in [1.807, 2.05) is 42.5 Å². The number of hydrazone groups is 1. The highest BCUT2D eigenvalue weighted by molar-refractivity contribution is 6.30. The minimum absolute atomic E-state index is 0.213. The molecule has 1 aliphatic heterocycles. The number of halogens is 1. The van der Waals surface area contributed by atoms with Crippen molar-refractivity contribution >= 4 is 34.1 Å². The largest absolute Gasteiger partial charge is 0.467 e. The van der Waals surface area contributed by atoms with Gasteiger partial charge in [0, 0.05) is 11.4 Å². The molecule has 8 heteroatoms. The molecule has 31 heavy (non-hydrogen) atoms. The van der Waals surface area contributed by atoms with E-state index in [1.165, 1.54) is 11.3 Å². The molecule has 0 fully saturated rings. The Bertz CT molecular complexity index is 1250. The number of benzene rings is 2. The lowest BCUT2D eigenvalue weighted by molar-refractivity contribution is -0.135. The van der Waals surface area contributed by atoms with Crippen LogP contribution < -0.4 is 4.74 Å². The summed E-state index contributed by atoms with van der Waals surface area (Å²) in [6.45, 7) is -0.213. The van der Waals surface area contributed by atoms with Crippen LogP contribution >= 0.6 is 11.6 Å². The average Bonchev–Trinajstić information content (AvgIpc) is 3.48. The van der Waals surface area contributed by atoms with Crippen molar-refractivity contribution in [3.05, 3.63) is 89.6 Å². The average molecular weight is 433 g/mol. The van der Waals surface area contributed by atoms with Gasteiger partial charge in [0.15, 0.2) is 6.61 Å². The van der Waals surface area contributed by atoms with Crippen LogP contribution in [0.3, 0.4) is 0 Å². The summed E-state index contributed by atoms with van der Waals surface area (Å²) in [7, 11) is 0. The molecule has 1 atom stereocenters. The van der Waals surface area contributed by atoms with Crippen LogP contribution in [0.4, 0.5) is 0 Å². The van der Waals surface area contributed by atoms with Crippen molar-refractivity contribution in [2.45, 2.75) is 12.5 Å². The summed E-state index contributed by atoms with van der Waals surface area (Å²) in [6, 6.07) is 18.1. The lowest BCUT2D eigenvalue weighted by Crippen LogP contribution is -2.31. The second-order valence-electron chi connectivity index (χ2n) is 7.01. The Morgan fingerprint density at radius 1 is 1.10 bits per heavy atom. The van der Waals surface area contributed by atoms with E-state index in [0.29, 0.717) is 23.1 Å². The third-order valence-corrected chi connectivity index (χ3v) is 5.31. The maximum absolute atomic E-state index is 13.1. The lowest BCUT2D eigenvalue weighted by Gasteiger charge is -2.20. The molecule has 0 radical (unpaired) electrons. The Balaban J connectivity index is 1.39. The van der Waals surface area contributed by atoms with Gasteiger partial charge in [0.05, 0.1) is 22.9 Å². The zero-order valence-corrected chi connectivity index (χ0v) is 17.1. The maximum atomic E-state index is 13.1. The molecule has 7 nitrogen and oxygen atoms in total. The van der Waals surface area contributed by atoms with Crippen LogP contribution in [0.15, 0.2) is 82.8 Å². The molecule has 4 aromatic rings. The highest BCUT2D eigenvalue weighted by atomic mass is 35.5. The third kappa shape index (κ3) is 3.87. The molecule has 2 aromatic carbocycles. The van der Waals surface area contributed by atoms with Gasteiger partial charge in [-0.3, -0.25) is 4.79 Å².